The van der Waals surface area contributed by atoms with Crippen LogP contribution in [0.5, 0.6) is 5.75 Å². The molecule has 2 atom stereocenters. The summed E-state index contributed by atoms with van der Waals surface area (Å²) in [5.41, 5.74) is 6.63. The minimum absolute atomic E-state index is 0.218. The lowest BCUT2D eigenvalue weighted by atomic mass is 9.61. The predicted molar refractivity (Wildman–Crippen MR) is 103 cm³/mol. The fraction of sp³-hybridized carbons (Fsp3) is 0.450. The van der Waals surface area contributed by atoms with Gasteiger partial charge in [-0.2, -0.15) is 5.26 Å². The van der Waals surface area contributed by atoms with Crippen LogP contribution in [0.3, 0.4) is 0 Å². The second kappa shape index (κ2) is 6.61. The molecule has 2 fully saturated rings. The Bertz CT molecular complexity index is 865. The van der Waals surface area contributed by atoms with Crippen molar-refractivity contribution in [3.05, 3.63) is 34.9 Å². The lowest BCUT2D eigenvalue weighted by Crippen LogP contribution is -2.46. The van der Waals surface area contributed by atoms with Crippen molar-refractivity contribution in [2.24, 2.45) is 17.1 Å². The van der Waals surface area contributed by atoms with E-state index < -0.39 is 16.6 Å². The van der Waals surface area contributed by atoms with Gasteiger partial charge in [0, 0.05) is 5.41 Å². The molecule has 1 aromatic carbocycles. The van der Waals surface area contributed by atoms with Crippen molar-refractivity contribution in [2.45, 2.75) is 37.4 Å². The molecule has 1 aliphatic carbocycles. The van der Waals surface area contributed by atoms with E-state index in [1.807, 2.05) is 0 Å². The van der Waals surface area contributed by atoms with Gasteiger partial charge in [-0.3, -0.25) is 9.59 Å². The number of methoxy groups -OCH3 is 1. The first kappa shape index (κ1) is 17.9. The summed E-state index contributed by atoms with van der Waals surface area (Å²) in [7, 11) is 1.57. The number of nitrogens with two attached hydrogens (primary N) is 1. The third-order valence-corrected chi connectivity index (χ3v) is 7.22. The van der Waals surface area contributed by atoms with Gasteiger partial charge in [-0.1, -0.05) is 31.0 Å². The number of allylic oxidation sites excluding steroid dienone is 1. The van der Waals surface area contributed by atoms with Crippen molar-refractivity contribution in [1.29, 1.82) is 5.26 Å². The number of hydrogen-bond donors (Lipinski definition) is 1. The largest absolute Gasteiger partial charge is 0.497 e. The molecule has 0 aromatic heterocycles. The molecule has 2 amide bonds. The van der Waals surface area contributed by atoms with E-state index in [1.54, 1.807) is 31.4 Å². The van der Waals surface area contributed by atoms with Crippen molar-refractivity contribution < 1.29 is 14.3 Å². The molecule has 27 heavy (non-hydrogen) atoms. The Morgan fingerprint density at radius 2 is 1.85 bits per heavy atom. The summed E-state index contributed by atoms with van der Waals surface area (Å²) >= 11 is 1.17. The highest BCUT2D eigenvalue weighted by Crippen LogP contribution is 2.59. The monoisotopic (exact) mass is 383 g/mol. The number of anilines is 1. The van der Waals surface area contributed by atoms with Crippen molar-refractivity contribution in [3.63, 3.8) is 0 Å². The summed E-state index contributed by atoms with van der Waals surface area (Å²) < 4.78 is 5.16. The van der Waals surface area contributed by atoms with Gasteiger partial charge in [0.25, 0.3) is 0 Å². The zero-order valence-electron chi connectivity index (χ0n) is 15.1. The van der Waals surface area contributed by atoms with E-state index in [0.717, 1.165) is 32.1 Å². The molecule has 3 aliphatic rings. The Hall–Kier alpha value is -2.46. The molecular formula is C20H21N3O3S. The third kappa shape index (κ3) is 2.54. The maximum absolute atomic E-state index is 13.4. The van der Waals surface area contributed by atoms with Gasteiger partial charge in [0.05, 0.1) is 35.4 Å². The minimum Gasteiger partial charge on any atom is -0.497 e. The first-order valence-corrected chi connectivity index (χ1v) is 10.0. The highest BCUT2D eigenvalue weighted by atomic mass is 32.2. The molecule has 0 unspecified atom stereocenters. The molecule has 2 N–H and O–H groups in total. The molecule has 4 rings (SSSR count). The SMILES string of the molecule is COc1ccc(N2C(=O)[C@H]3SC(N)=C(C#N)C4(CCCCC4)[C@H]3C2=O)cc1. The molecule has 2 aliphatic heterocycles. The van der Waals surface area contributed by atoms with Gasteiger partial charge in [-0.25, -0.2) is 4.90 Å². The maximum atomic E-state index is 13.4. The van der Waals surface area contributed by atoms with Gasteiger partial charge in [0.2, 0.25) is 11.8 Å². The van der Waals surface area contributed by atoms with Crippen molar-refractivity contribution in [2.75, 3.05) is 12.0 Å². The lowest BCUT2D eigenvalue weighted by molar-refractivity contribution is -0.124. The van der Waals surface area contributed by atoms with E-state index in [4.69, 9.17) is 10.5 Å². The molecule has 2 heterocycles. The molecular weight excluding hydrogens is 362 g/mol. The molecule has 1 spiro atoms. The van der Waals surface area contributed by atoms with Crippen LogP contribution in [0.1, 0.15) is 32.1 Å². The minimum atomic E-state index is -0.610. The summed E-state index contributed by atoms with van der Waals surface area (Å²) in [6.07, 6.45) is 4.42. The van der Waals surface area contributed by atoms with Gasteiger partial charge in [0.1, 0.15) is 11.0 Å². The van der Waals surface area contributed by atoms with Crippen LogP contribution < -0.4 is 15.4 Å². The highest BCUT2D eigenvalue weighted by Gasteiger charge is 2.62. The van der Waals surface area contributed by atoms with Crippen LogP contribution in [-0.2, 0) is 9.59 Å². The normalized spacial score (nSPS) is 26.9. The van der Waals surface area contributed by atoms with E-state index in [-0.39, 0.29) is 11.8 Å². The van der Waals surface area contributed by atoms with Crippen LogP contribution in [0, 0.1) is 22.7 Å². The summed E-state index contributed by atoms with van der Waals surface area (Å²) in [4.78, 5) is 27.9. The summed E-state index contributed by atoms with van der Waals surface area (Å²) in [5.74, 6) is -0.333. The fourth-order valence-electron chi connectivity index (χ4n) is 4.78. The Kier molecular flexibility index (Phi) is 4.39. The average molecular weight is 383 g/mol. The number of fused-ring (bicyclic) bond motifs is 2. The van der Waals surface area contributed by atoms with Crippen LogP contribution in [0.2, 0.25) is 0 Å². The number of carbonyl (C=O) groups excluding carboxylic acids is 2. The molecule has 1 aromatic rings. The van der Waals surface area contributed by atoms with Gasteiger partial charge in [-0.15, -0.1) is 0 Å². The number of imide groups is 1. The number of nitriles is 1. The number of rotatable bonds is 2. The highest BCUT2D eigenvalue weighted by molar-refractivity contribution is 8.04. The number of benzene rings is 1. The molecule has 140 valence electrons. The number of ether oxygens (including phenoxy) is 1. The standard InChI is InChI=1S/C20H21N3O3S/c1-26-13-7-5-12(6-8-13)23-18(24)15-16(19(23)25)27-17(22)14(11-21)20(15)9-3-2-4-10-20/h5-8,15-16H,2-4,9-10,22H2,1H3/t15-,16+/m1/s1. The first-order chi connectivity index (χ1) is 13.0. The summed E-state index contributed by atoms with van der Waals surface area (Å²) in [6.45, 7) is 0. The maximum Gasteiger partial charge on any atom is 0.248 e. The second-order valence-corrected chi connectivity index (χ2v) is 8.48. The lowest BCUT2D eigenvalue weighted by Gasteiger charge is -2.45. The van der Waals surface area contributed by atoms with Crippen molar-refractivity contribution in [1.82, 2.24) is 0 Å². The number of carbonyl (C=O) groups is 2. The molecule has 7 heteroatoms. The quantitative estimate of drug-likeness (QED) is 0.789. The zero-order chi connectivity index (χ0) is 19.2. The van der Waals surface area contributed by atoms with Crippen molar-refractivity contribution in [3.8, 4) is 11.8 Å². The number of hydrogen-bond acceptors (Lipinski definition) is 6. The smallest absolute Gasteiger partial charge is 0.248 e. The van der Waals surface area contributed by atoms with E-state index in [1.165, 1.54) is 16.7 Å². The molecule has 0 radical (unpaired) electrons. The van der Waals surface area contributed by atoms with Gasteiger partial charge in [0.15, 0.2) is 0 Å². The topological polar surface area (TPSA) is 96.4 Å². The van der Waals surface area contributed by atoms with Crippen LogP contribution in [0.25, 0.3) is 0 Å². The molecule has 0 bridgehead atoms. The van der Waals surface area contributed by atoms with Gasteiger partial charge < -0.3 is 10.5 Å². The number of amides is 2. The number of nitrogens with zero attached hydrogens (tertiary/aromatic N) is 2. The van der Waals surface area contributed by atoms with E-state index in [2.05, 4.69) is 6.07 Å². The Balaban J connectivity index is 1.78. The molecule has 6 nitrogen and oxygen atoms in total. The number of thioether (sulfide) groups is 1. The molecule has 1 saturated carbocycles. The van der Waals surface area contributed by atoms with Crippen LogP contribution in [0.4, 0.5) is 5.69 Å². The van der Waals surface area contributed by atoms with Gasteiger partial charge >= 0.3 is 0 Å². The van der Waals surface area contributed by atoms with E-state index in [0.29, 0.717) is 22.0 Å². The zero-order valence-corrected chi connectivity index (χ0v) is 15.9. The van der Waals surface area contributed by atoms with Gasteiger partial charge in [-0.05, 0) is 37.1 Å². The van der Waals surface area contributed by atoms with Crippen molar-refractivity contribution >= 4 is 29.3 Å². The molecule has 1 saturated heterocycles. The third-order valence-electron chi connectivity index (χ3n) is 6.03. The second-order valence-electron chi connectivity index (χ2n) is 7.29. The Morgan fingerprint density at radius 1 is 1.19 bits per heavy atom. The van der Waals surface area contributed by atoms with Crippen LogP contribution >= 0.6 is 11.8 Å². The first-order valence-electron chi connectivity index (χ1n) is 9.12. The summed E-state index contributed by atoms with van der Waals surface area (Å²) in [5, 5.41) is 9.61. The average Bonchev–Trinajstić information content (AvgIpc) is 2.93. The Morgan fingerprint density at radius 3 is 2.44 bits per heavy atom. The van der Waals surface area contributed by atoms with Crippen LogP contribution in [-0.4, -0.2) is 24.2 Å². The Labute approximate surface area is 162 Å². The van der Waals surface area contributed by atoms with E-state index >= 15 is 0 Å². The summed E-state index contributed by atoms with van der Waals surface area (Å²) in [6, 6.07) is 9.16. The van der Waals surface area contributed by atoms with Crippen LogP contribution in [0.15, 0.2) is 34.9 Å². The fourth-order valence-corrected chi connectivity index (χ4v) is 6.14. The van der Waals surface area contributed by atoms with E-state index in [9.17, 15) is 14.9 Å². The predicted octanol–water partition coefficient (Wildman–Crippen LogP) is 2.94.